The van der Waals surface area contributed by atoms with Crippen LogP contribution in [0.1, 0.15) is 10.4 Å². The quantitative estimate of drug-likeness (QED) is 0.904. The summed E-state index contributed by atoms with van der Waals surface area (Å²) in [7, 11) is 0. The van der Waals surface area contributed by atoms with Gasteiger partial charge in [0.2, 0.25) is 0 Å². The van der Waals surface area contributed by atoms with Gasteiger partial charge in [-0.05, 0) is 28.1 Å². The molecule has 0 saturated heterocycles. The molecular formula is C8H3BrClF3O3. The van der Waals surface area contributed by atoms with Crippen molar-refractivity contribution < 1.29 is 27.8 Å². The van der Waals surface area contributed by atoms with Gasteiger partial charge in [0.25, 0.3) is 0 Å². The minimum Gasteiger partial charge on any atom is -0.478 e. The van der Waals surface area contributed by atoms with Crippen LogP contribution in [0.3, 0.4) is 0 Å². The van der Waals surface area contributed by atoms with Crippen LogP contribution in [0.2, 0.25) is 5.02 Å². The topological polar surface area (TPSA) is 46.5 Å². The molecule has 0 spiro atoms. The maximum atomic E-state index is 11.9. The number of alkyl halides is 3. The molecule has 0 saturated carbocycles. The van der Waals surface area contributed by atoms with E-state index in [2.05, 4.69) is 20.7 Å². The minimum absolute atomic E-state index is 0.168. The number of halogens is 5. The van der Waals surface area contributed by atoms with Gasteiger partial charge in [-0.2, -0.15) is 0 Å². The fourth-order valence-electron chi connectivity index (χ4n) is 0.942. The standard InChI is InChI=1S/C8H3BrClF3O3/c9-3-1-2-4(16-8(11,12)13)5(6(3)10)7(14)15/h1-2H,(H,14,15). The summed E-state index contributed by atoms with van der Waals surface area (Å²) < 4.78 is 39.6. The largest absolute Gasteiger partial charge is 0.573 e. The molecule has 0 amide bonds. The smallest absolute Gasteiger partial charge is 0.478 e. The highest BCUT2D eigenvalue weighted by Gasteiger charge is 2.34. The number of rotatable bonds is 2. The van der Waals surface area contributed by atoms with Crippen LogP contribution in [0, 0.1) is 0 Å². The Kier molecular flexibility index (Phi) is 3.69. The molecule has 0 unspecified atom stereocenters. The number of hydrogen-bond donors (Lipinski definition) is 1. The summed E-state index contributed by atoms with van der Waals surface area (Å²) in [5.74, 6) is -2.46. The van der Waals surface area contributed by atoms with Crippen molar-refractivity contribution in [2.24, 2.45) is 0 Å². The van der Waals surface area contributed by atoms with Crippen molar-refractivity contribution in [2.75, 3.05) is 0 Å². The first-order valence-corrected chi connectivity index (χ1v) is 4.86. The molecule has 0 aliphatic heterocycles. The molecule has 0 radical (unpaired) electrons. The maximum absolute atomic E-state index is 11.9. The highest BCUT2D eigenvalue weighted by molar-refractivity contribution is 9.10. The van der Waals surface area contributed by atoms with E-state index in [9.17, 15) is 18.0 Å². The van der Waals surface area contributed by atoms with Crippen LogP contribution in [0.5, 0.6) is 5.75 Å². The van der Waals surface area contributed by atoms with Crippen molar-refractivity contribution in [3.63, 3.8) is 0 Å². The monoisotopic (exact) mass is 318 g/mol. The van der Waals surface area contributed by atoms with E-state index >= 15 is 0 Å². The molecule has 88 valence electrons. The lowest BCUT2D eigenvalue weighted by Gasteiger charge is -2.12. The van der Waals surface area contributed by atoms with E-state index in [1.807, 2.05) is 0 Å². The van der Waals surface area contributed by atoms with Gasteiger partial charge in [-0.15, -0.1) is 13.2 Å². The molecule has 0 atom stereocenters. The summed E-state index contributed by atoms with van der Waals surface area (Å²) in [6, 6.07) is 2.03. The number of carboxylic acid groups (broad SMARTS) is 1. The van der Waals surface area contributed by atoms with Crippen molar-refractivity contribution in [3.8, 4) is 5.75 Å². The number of hydrogen-bond acceptors (Lipinski definition) is 2. The van der Waals surface area contributed by atoms with Gasteiger partial charge in [-0.3, -0.25) is 0 Å². The molecule has 0 bridgehead atoms. The molecule has 1 aromatic carbocycles. The Morgan fingerprint density at radius 3 is 2.44 bits per heavy atom. The molecule has 0 heterocycles. The zero-order valence-electron chi connectivity index (χ0n) is 7.31. The Labute approximate surface area is 101 Å². The van der Waals surface area contributed by atoms with Crippen molar-refractivity contribution in [1.29, 1.82) is 0 Å². The van der Waals surface area contributed by atoms with Gasteiger partial charge in [0.05, 0.1) is 5.02 Å². The number of carbonyl (C=O) groups is 1. The predicted molar refractivity (Wildman–Crippen MR) is 52.8 cm³/mol. The number of aromatic carboxylic acids is 1. The van der Waals surface area contributed by atoms with Gasteiger partial charge in [0, 0.05) is 4.47 Å². The van der Waals surface area contributed by atoms with Crippen molar-refractivity contribution in [1.82, 2.24) is 0 Å². The lowest BCUT2D eigenvalue weighted by Crippen LogP contribution is -2.19. The van der Waals surface area contributed by atoms with Crippen LogP contribution >= 0.6 is 27.5 Å². The summed E-state index contributed by atoms with van der Waals surface area (Å²) in [5, 5.41) is 8.36. The molecule has 0 aliphatic carbocycles. The number of carboxylic acids is 1. The third-order valence-corrected chi connectivity index (χ3v) is 2.78. The molecule has 16 heavy (non-hydrogen) atoms. The van der Waals surface area contributed by atoms with E-state index in [-0.39, 0.29) is 9.50 Å². The SMILES string of the molecule is O=C(O)c1c(OC(F)(F)F)ccc(Br)c1Cl. The molecule has 0 aliphatic rings. The van der Waals surface area contributed by atoms with Crippen molar-refractivity contribution in [3.05, 3.63) is 27.2 Å². The van der Waals surface area contributed by atoms with Crippen LogP contribution in [0.25, 0.3) is 0 Å². The van der Waals surface area contributed by atoms with Gasteiger partial charge in [0.15, 0.2) is 0 Å². The van der Waals surface area contributed by atoms with Crippen molar-refractivity contribution in [2.45, 2.75) is 6.36 Å². The minimum atomic E-state index is -4.97. The van der Waals surface area contributed by atoms with Crippen LogP contribution in [-0.4, -0.2) is 17.4 Å². The summed E-state index contributed by atoms with van der Waals surface area (Å²) in [6.45, 7) is 0. The second-order valence-corrected chi connectivity index (χ2v) is 3.82. The van der Waals surface area contributed by atoms with E-state index in [0.29, 0.717) is 0 Å². The van der Waals surface area contributed by atoms with E-state index in [1.54, 1.807) is 0 Å². The van der Waals surface area contributed by atoms with Crippen LogP contribution in [-0.2, 0) is 0 Å². The summed E-state index contributed by atoms with van der Waals surface area (Å²) in [4.78, 5) is 10.7. The summed E-state index contributed by atoms with van der Waals surface area (Å²) in [5.41, 5.74) is -0.742. The van der Waals surface area contributed by atoms with E-state index in [1.165, 1.54) is 0 Å². The van der Waals surface area contributed by atoms with E-state index in [4.69, 9.17) is 16.7 Å². The molecule has 1 rings (SSSR count). The first-order chi connectivity index (χ1) is 7.22. The molecular weight excluding hydrogens is 316 g/mol. The van der Waals surface area contributed by atoms with Gasteiger partial charge >= 0.3 is 12.3 Å². The second-order valence-electron chi connectivity index (χ2n) is 2.59. The van der Waals surface area contributed by atoms with E-state index < -0.39 is 23.6 Å². The fourth-order valence-corrected chi connectivity index (χ4v) is 1.51. The van der Waals surface area contributed by atoms with Gasteiger partial charge in [-0.25, -0.2) is 4.79 Å². The summed E-state index contributed by atoms with van der Waals surface area (Å²) >= 11 is 8.44. The zero-order chi connectivity index (χ0) is 12.5. The number of ether oxygens (including phenoxy) is 1. The Morgan fingerprint density at radius 1 is 1.44 bits per heavy atom. The predicted octanol–water partition coefficient (Wildman–Crippen LogP) is 3.70. The lowest BCUT2D eigenvalue weighted by atomic mass is 10.2. The lowest BCUT2D eigenvalue weighted by molar-refractivity contribution is -0.274. The highest BCUT2D eigenvalue weighted by Crippen LogP contribution is 2.35. The van der Waals surface area contributed by atoms with Crippen LogP contribution in [0.4, 0.5) is 13.2 Å². The van der Waals surface area contributed by atoms with Crippen LogP contribution < -0.4 is 4.74 Å². The average Bonchev–Trinajstić information content (AvgIpc) is 2.08. The Morgan fingerprint density at radius 2 is 2.00 bits per heavy atom. The molecule has 0 aromatic heterocycles. The molecule has 1 aromatic rings. The molecule has 1 N–H and O–H groups in total. The first-order valence-electron chi connectivity index (χ1n) is 3.69. The third-order valence-electron chi connectivity index (χ3n) is 1.50. The van der Waals surface area contributed by atoms with Gasteiger partial charge < -0.3 is 9.84 Å². The zero-order valence-corrected chi connectivity index (χ0v) is 9.65. The highest BCUT2D eigenvalue weighted by atomic mass is 79.9. The molecule has 3 nitrogen and oxygen atoms in total. The van der Waals surface area contributed by atoms with Crippen molar-refractivity contribution >= 4 is 33.5 Å². The molecule has 8 heteroatoms. The van der Waals surface area contributed by atoms with Gasteiger partial charge in [-0.1, -0.05) is 11.6 Å². The Balaban J connectivity index is 3.29. The second kappa shape index (κ2) is 4.50. The fraction of sp³-hybridized carbons (Fsp3) is 0.125. The maximum Gasteiger partial charge on any atom is 0.573 e. The van der Waals surface area contributed by atoms with Gasteiger partial charge in [0.1, 0.15) is 11.3 Å². The Bertz CT molecular complexity index is 433. The number of benzene rings is 1. The van der Waals surface area contributed by atoms with E-state index in [0.717, 1.165) is 12.1 Å². The average molecular weight is 319 g/mol. The van der Waals surface area contributed by atoms with Crippen LogP contribution in [0.15, 0.2) is 16.6 Å². The Hall–Kier alpha value is -0.950. The normalized spacial score (nSPS) is 11.3. The third kappa shape index (κ3) is 3.02. The molecule has 0 fully saturated rings. The summed E-state index contributed by atoms with van der Waals surface area (Å²) in [6.07, 6.45) is -4.97. The first kappa shape index (κ1) is 13.1.